The van der Waals surface area contributed by atoms with Gasteiger partial charge in [0.05, 0.1) is 6.54 Å². The standard InChI is InChI=1S/C20H17NO4/c22-20(18-10-13-4-1-2-6-16(13)25-18)21(15-8-9-15)11-14-5-3-7-17-19(14)24-12-23-17/h1-7,10,15H,8-9,11-12H2. The van der Waals surface area contributed by atoms with Crippen LogP contribution in [0.1, 0.15) is 29.0 Å². The lowest BCUT2D eigenvalue weighted by Gasteiger charge is -2.22. The number of carbonyl (C=O) groups is 1. The molecule has 5 rings (SSSR count). The normalized spacial score (nSPS) is 15.5. The van der Waals surface area contributed by atoms with Crippen molar-refractivity contribution < 1.29 is 18.7 Å². The lowest BCUT2D eigenvalue weighted by molar-refractivity contribution is 0.0698. The molecule has 25 heavy (non-hydrogen) atoms. The Morgan fingerprint density at radius 1 is 1.08 bits per heavy atom. The molecule has 1 fully saturated rings. The van der Waals surface area contributed by atoms with Crippen LogP contribution in [0.15, 0.2) is 52.9 Å². The van der Waals surface area contributed by atoms with Crippen molar-refractivity contribution in [2.45, 2.75) is 25.4 Å². The van der Waals surface area contributed by atoms with E-state index >= 15 is 0 Å². The number of benzene rings is 2. The maximum absolute atomic E-state index is 13.1. The zero-order valence-corrected chi connectivity index (χ0v) is 13.6. The van der Waals surface area contributed by atoms with Gasteiger partial charge in [0, 0.05) is 17.0 Å². The van der Waals surface area contributed by atoms with Crippen LogP contribution in [0.3, 0.4) is 0 Å². The van der Waals surface area contributed by atoms with Gasteiger partial charge in [-0.25, -0.2) is 0 Å². The van der Waals surface area contributed by atoms with Gasteiger partial charge in [-0.1, -0.05) is 30.3 Å². The van der Waals surface area contributed by atoms with Gasteiger partial charge in [-0.15, -0.1) is 0 Å². The molecular weight excluding hydrogens is 318 g/mol. The molecule has 0 radical (unpaired) electrons. The van der Waals surface area contributed by atoms with Gasteiger partial charge in [-0.05, 0) is 31.0 Å². The summed E-state index contributed by atoms with van der Waals surface area (Å²) < 4.78 is 16.8. The first-order valence-electron chi connectivity index (χ1n) is 8.46. The van der Waals surface area contributed by atoms with Gasteiger partial charge >= 0.3 is 0 Å². The van der Waals surface area contributed by atoms with E-state index in [2.05, 4.69) is 0 Å². The Labute approximate surface area is 144 Å². The van der Waals surface area contributed by atoms with Crippen molar-refractivity contribution >= 4 is 16.9 Å². The second-order valence-corrected chi connectivity index (χ2v) is 6.46. The van der Waals surface area contributed by atoms with Crippen LogP contribution in [-0.2, 0) is 6.54 Å². The zero-order chi connectivity index (χ0) is 16.8. The summed E-state index contributed by atoms with van der Waals surface area (Å²) in [7, 11) is 0. The van der Waals surface area contributed by atoms with Crippen molar-refractivity contribution in [3.05, 3.63) is 59.9 Å². The maximum atomic E-state index is 13.1. The quantitative estimate of drug-likeness (QED) is 0.724. The molecule has 0 spiro atoms. The zero-order valence-electron chi connectivity index (χ0n) is 13.6. The predicted molar refractivity (Wildman–Crippen MR) is 91.7 cm³/mol. The molecular formula is C20H17NO4. The van der Waals surface area contributed by atoms with Crippen LogP contribution < -0.4 is 9.47 Å². The van der Waals surface area contributed by atoms with Crippen molar-refractivity contribution in [3.8, 4) is 11.5 Å². The van der Waals surface area contributed by atoms with E-state index in [1.807, 2.05) is 53.4 Å². The lowest BCUT2D eigenvalue weighted by atomic mass is 10.1. The van der Waals surface area contributed by atoms with Crippen LogP contribution in [0.25, 0.3) is 11.0 Å². The summed E-state index contributed by atoms with van der Waals surface area (Å²) in [4.78, 5) is 14.9. The Kier molecular flexibility index (Phi) is 3.20. The topological polar surface area (TPSA) is 51.9 Å². The molecule has 1 aromatic heterocycles. The molecule has 0 bridgehead atoms. The van der Waals surface area contributed by atoms with Gasteiger partial charge in [0.2, 0.25) is 6.79 Å². The minimum absolute atomic E-state index is 0.0739. The van der Waals surface area contributed by atoms with E-state index in [-0.39, 0.29) is 18.7 Å². The summed E-state index contributed by atoms with van der Waals surface area (Å²) in [5, 5.41) is 0.943. The second-order valence-electron chi connectivity index (χ2n) is 6.46. The number of fused-ring (bicyclic) bond motifs is 2. The Morgan fingerprint density at radius 2 is 1.96 bits per heavy atom. The molecule has 2 aromatic carbocycles. The fourth-order valence-corrected chi connectivity index (χ4v) is 3.28. The number of hydrogen-bond donors (Lipinski definition) is 0. The maximum Gasteiger partial charge on any atom is 0.290 e. The SMILES string of the molecule is O=C(c1cc2ccccc2o1)N(Cc1cccc2c1OCO2)C1CC1. The highest BCUT2D eigenvalue weighted by atomic mass is 16.7. The van der Waals surface area contributed by atoms with E-state index in [1.54, 1.807) is 0 Å². The predicted octanol–water partition coefficient (Wildman–Crippen LogP) is 3.97. The van der Waals surface area contributed by atoms with Crippen molar-refractivity contribution in [1.29, 1.82) is 0 Å². The first-order chi connectivity index (χ1) is 12.3. The first kappa shape index (κ1) is 14.4. The number of carbonyl (C=O) groups excluding carboxylic acids is 1. The van der Waals surface area contributed by atoms with E-state index in [1.165, 1.54) is 0 Å². The number of rotatable bonds is 4. The molecule has 3 aromatic rings. The Balaban J connectivity index is 1.47. The Hall–Kier alpha value is -2.95. The molecule has 2 aliphatic rings. The van der Waals surface area contributed by atoms with Crippen LogP contribution in [0, 0.1) is 0 Å². The third-order valence-electron chi connectivity index (χ3n) is 4.70. The van der Waals surface area contributed by atoms with Crippen LogP contribution in [0.5, 0.6) is 11.5 Å². The molecule has 2 heterocycles. The fourth-order valence-electron chi connectivity index (χ4n) is 3.28. The number of para-hydroxylation sites is 2. The fraction of sp³-hybridized carbons (Fsp3) is 0.250. The van der Waals surface area contributed by atoms with Gasteiger partial charge in [-0.2, -0.15) is 0 Å². The monoisotopic (exact) mass is 335 g/mol. The van der Waals surface area contributed by atoms with Gasteiger partial charge in [0.25, 0.3) is 5.91 Å². The average molecular weight is 335 g/mol. The molecule has 0 saturated heterocycles. The van der Waals surface area contributed by atoms with Crippen molar-refractivity contribution in [2.75, 3.05) is 6.79 Å². The number of nitrogens with zero attached hydrogens (tertiary/aromatic N) is 1. The van der Waals surface area contributed by atoms with Crippen molar-refractivity contribution in [1.82, 2.24) is 4.90 Å². The largest absolute Gasteiger partial charge is 0.454 e. The van der Waals surface area contributed by atoms with E-state index in [0.717, 1.165) is 40.9 Å². The molecule has 0 atom stereocenters. The lowest BCUT2D eigenvalue weighted by Crippen LogP contribution is -2.32. The summed E-state index contributed by atoms with van der Waals surface area (Å²) in [6.07, 6.45) is 2.05. The molecule has 0 unspecified atom stereocenters. The van der Waals surface area contributed by atoms with E-state index in [9.17, 15) is 4.79 Å². The molecule has 5 nitrogen and oxygen atoms in total. The van der Waals surface area contributed by atoms with Gasteiger partial charge in [-0.3, -0.25) is 4.79 Å². The highest BCUT2D eigenvalue weighted by Gasteiger charge is 2.35. The highest BCUT2D eigenvalue weighted by Crippen LogP contribution is 2.38. The molecule has 0 N–H and O–H groups in total. The summed E-state index contributed by atoms with van der Waals surface area (Å²) in [5.74, 6) is 1.79. The average Bonchev–Trinajstić information content (AvgIpc) is 3.19. The molecule has 1 aliphatic heterocycles. The van der Waals surface area contributed by atoms with Crippen molar-refractivity contribution in [3.63, 3.8) is 0 Å². The third-order valence-corrected chi connectivity index (χ3v) is 4.70. The Morgan fingerprint density at radius 3 is 2.80 bits per heavy atom. The molecule has 1 saturated carbocycles. The first-order valence-corrected chi connectivity index (χ1v) is 8.46. The van der Waals surface area contributed by atoms with Crippen LogP contribution >= 0.6 is 0 Å². The molecule has 1 amide bonds. The van der Waals surface area contributed by atoms with Gasteiger partial charge in [0.1, 0.15) is 5.58 Å². The number of ether oxygens (including phenoxy) is 2. The van der Waals surface area contributed by atoms with Gasteiger partial charge < -0.3 is 18.8 Å². The van der Waals surface area contributed by atoms with E-state index in [4.69, 9.17) is 13.9 Å². The number of amides is 1. The summed E-state index contributed by atoms with van der Waals surface area (Å²) in [6.45, 7) is 0.723. The molecule has 1 aliphatic carbocycles. The smallest absolute Gasteiger partial charge is 0.290 e. The van der Waals surface area contributed by atoms with Gasteiger partial charge in [0.15, 0.2) is 17.3 Å². The van der Waals surface area contributed by atoms with Crippen molar-refractivity contribution in [2.24, 2.45) is 0 Å². The number of furan rings is 1. The van der Waals surface area contributed by atoms with Crippen LogP contribution in [0.2, 0.25) is 0 Å². The summed E-state index contributed by atoms with van der Waals surface area (Å²) in [5.41, 5.74) is 1.70. The minimum Gasteiger partial charge on any atom is -0.454 e. The Bertz CT molecular complexity index is 924. The summed E-state index contributed by atoms with van der Waals surface area (Å²) >= 11 is 0. The highest BCUT2D eigenvalue weighted by molar-refractivity contribution is 5.96. The third kappa shape index (κ3) is 2.52. The molecule has 5 heteroatoms. The number of hydrogen-bond acceptors (Lipinski definition) is 4. The molecule has 126 valence electrons. The minimum atomic E-state index is -0.0739. The van der Waals surface area contributed by atoms with Crippen LogP contribution in [0.4, 0.5) is 0 Å². The second kappa shape index (κ2) is 5.55. The summed E-state index contributed by atoms with van der Waals surface area (Å²) in [6, 6.07) is 15.6. The van der Waals surface area contributed by atoms with E-state index in [0.29, 0.717) is 12.3 Å². The van der Waals surface area contributed by atoms with E-state index < -0.39 is 0 Å². The van der Waals surface area contributed by atoms with Crippen LogP contribution in [-0.4, -0.2) is 23.6 Å².